The summed E-state index contributed by atoms with van der Waals surface area (Å²) in [5.41, 5.74) is 2.95. The lowest BCUT2D eigenvalue weighted by atomic mass is 10.0. The second kappa shape index (κ2) is 11.2. The van der Waals surface area contributed by atoms with Gasteiger partial charge in [-0.05, 0) is 50.0 Å². The molecule has 0 fully saturated rings. The highest BCUT2D eigenvalue weighted by atomic mass is 32.2. The molecule has 0 radical (unpaired) electrons. The van der Waals surface area contributed by atoms with Crippen molar-refractivity contribution in [3.63, 3.8) is 0 Å². The van der Waals surface area contributed by atoms with Crippen LogP contribution in [0.15, 0.2) is 24.3 Å². The first kappa shape index (κ1) is 17.6. The van der Waals surface area contributed by atoms with Gasteiger partial charge < -0.3 is 4.74 Å². The number of rotatable bonds is 11. The van der Waals surface area contributed by atoms with Gasteiger partial charge >= 0.3 is 0 Å². The molecule has 20 heavy (non-hydrogen) atoms. The molecule has 1 unspecified atom stereocenters. The summed E-state index contributed by atoms with van der Waals surface area (Å²) in [7, 11) is 0. The molecule has 0 aromatic heterocycles. The average Bonchev–Trinajstić information content (AvgIpc) is 2.48. The first-order chi connectivity index (χ1) is 9.76. The number of hydrogen-bond acceptors (Lipinski definition) is 2. The number of unbranched alkanes of at least 4 members (excludes halogenated alkanes) is 3. The first-order valence-electron chi connectivity index (χ1n) is 7.94. The van der Waals surface area contributed by atoms with E-state index in [1.165, 1.54) is 49.7 Å². The van der Waals surface area contributed by atoms with E-state index in [9.17, 15) is 0 Å². The summed E-state index contributed by atoms with van der Waals surface area (Å²) in [6.07, 6.45) is 9.70. The molecule has 0 spiro atoms. The molecule has 1 aromatic carbocycles. The Morgan fingerprint density at radius 3 is 2.30 bits per heavy atom. The van der Waals surface area contributed by atoms with Crippen LogP contribution in [0, 0.1) is 0 Å². The smallest absolute Gasteiger partial charge is 0.0465 e. The van der Waals surface area contributed by atoms with Crippen molar-refractivity contribution in [2.24, 2.45) is 0 Å². The van der Waals surface area contributed by atoms with Gasteiger partial charge in [-0.3, -0.25) is 0 Å². The standard InChI is InChI=1S/C18H30OS/c1-4-19-14-8-6-5-7-9-17-10-12-18(13-11-17)15-16(2)20-3/h10-13,16H,4-9,14-15H2,1-3H3. The Hall–Kier alpha value is -0.470. The molecule has 0 N–H and O–H groups in total. The van der Waals surface area contributed by atoms with E-state index >= 15 is 0 Å². The molecule has 0 bridgehead atoms. The van der Waals surface area contributed by atoms with Gasteiger partial charge in [0.1, 0.15) is 0 Å². The minimum atomic E-state index is 0.714. The van der Waals surface area contributed by atoms with Crippen molar-refractivity contribution in [1.82, 2.24) is 0 Å². The molecule has 0 aliphatic carbocycles. The maximum atomic E-state index is 5.35. The van der Waals surface area contributed by atoms with Gasteiger partial charge in [-0.15, -0.1) is 0 Å². The SMILES string of the molecule is CCOCCCCCCc1ccc(CC(C)SC)cc1. The van der Waals surface area contributed by atoms with E-state index in [4.69, 9.17) is 4.74 Å². The highest BCUT2D eigenvalue weighted by molar-refractivity contribution is 7.99. The molecule has 0 amide bonds. The Morgan fingerprint density at radius 1 is 1.00 bits per heavy atom. The number of thioether (sulfide) groups is 1. The van der Waals surface area contributed by atoms with E-state index in [1.807, 2.05) is 11.8 Å². The van der Waals surface area contributed by atoms with Gasteiger partial charge in [0, 0.05) is 18.5 Å². The van der Waals surface area contributed by atoms with Crippen molar-refractivity contribution in [3.8, 4) is 0 Å². The molecule has 1 atom stereocenters. The molecule has 0 saturated carbocycles. The molecule has 1 aromatic rings. The van der Waals surface area contributed by atoms with Crippen LogP contribution in [0.3, 0.4) is 0 Å². The second-order valence-electron chi connectivity index (χ2n) is 5.43. The number of hydrogen-bond donors (Lipinski definition) is 0. The number of ether oxygens (including phenoxy) is 1. The molecule has 0 aliphatic heterocycles. The van der Waals surface area contributed by atoms with Crippen LogP contribution in [0.4, 0.5) is 0 Å². The van der Waals surface area contributed by atoms with Crippen molar-refractivity contribution >= 4 is 11.8 Å². The summed E-state index contributed by atoms with van der Waals surface area (Å²) in [6.45, 7) is 6.13. The Morgan fingerprint density at radius 2 is 1.65 bits per heavy atom. The molecule has 0 aliphatic rings. The maximum Gasteiger partial charge on any atom is 0.0465 e. The van der Waals surface area contributed by atoms with Crippen molar-refractivity contribution < 1.29 is 4.74 Å². The van der Waals surface area contributed by atoms with Crippen LogP contribution < -0.4 is 0 Å². The molecule has 1 rings (SSSR count). The fourth-order valence-electron chi connectivity index (χ4n) is 2.29. The largest absolute Gasteiger partial charge is 0.382 e. The lowest BCUT2D eigenvalue weighted by Gasteiger charge is -2.09. The maximum absolute atomic E-state index is 5.35. The normalized spacial score (nSPS) is 12.6. The summed E-state index contributed by atoms with van der Waals surface area (Å²) < 4.78 is 5.35. The van der Waals surface area contributed by atoms with Gasteiger partial charge in [0.25, 0.3) is 0 Å². The predicted octanol–water partition coefficient (Wildman–Crippen LogP) is 5.12. The summed E-state index contributed by atoms with van der Waals surface area (Å²) >= 11 is 1.94. The van der Waals surface area contributed by atoms with Gasteiger partial charge in [0.2, 0.25) is 0 Å². The minimum absolute atomic E-state index is 0.714. The molecule has 0 saturated heterocycles. The van der Waals surface area contributed by atoms with Crippen LogP contribution in [-0.4, -0.2) is 24.7 Å². The van der Waals surface area contributed by atoms with Crippen molar-refractivity contribution in [1.29, 1.82) is 0 Å². The first-order valence-corrected chi connectivity index (χ1v) is 9.23. The summed E-state index contributed by atoms with van der Waals surface area (Å²) in [5, 5.41) is 0.714. The summed E-state index contributed by atoms with van der Waals surface area (Å²) in [4.78, 5) is 0. The van der Waals surface area contributed by atoms with Gasteiger partial charge in [-0.2, -0.15) is 11.8 Å². The van der Waals surface area contributed by atoms with Crippen molar-refractivity contribution in [2.75, 3.05) is 19.5 Å². The third-order valence-corrected chi connectivity index (χ3v) is 4.63. The van der Waals surface area contributed by atoms with Crippen molar-refractivity contribution in [3.05, 3.63) is 35.4 Å². The van der Waals surface area contributed by atoms with Crippen LogP contribution in [0.2, 0.25) is 0 Å². The molecule has 2 heteroatoms. The van der Waals surface area contributed by atoms with Crippen LogP contribution in [0.25, 0.3) is 0 Å². The summed E-state index contributed by atoms with van der Waals surface area (Å²) in [5.74, 6) is 0. The minimum Gasteiger partial charge on any atom is -0.382 e. The zero-order valence-electron chi connectivity index (χ0n) is 13.4. The fraction of sp³-hybridized carbons (Fsp3) is 0.667. The van der Waals surface area contributed by atoms with Crippen LogP contribution in [0.5, 0.6) is 0 Å². The Labute approximate surface area is 129 Å². The second-order valence-corrected chi connectivity index (χ2v) is 6.70. The topological polar surface area (TPSA) is 9.23 Å². The zero-order chi connectivity index (χ0) is 14.6. The van der Waals surface area contributed by atoms with Gasteiger partial charge in [-0.1, -0.05) is 44.0 Å². The van der Waals surface area contributed by atoms with Gasteiger partial charge in [0.15, 0.2) is 0 Å². The van der Waals surface area contributed by atoms with E-state index < -0.39 is 0 Å². The Balaban J connectivity index is 2.15. The number of aryl methyl sites for hydroxylation is 1. The molecule has 114 valence electrons. The third-order valence-electron chi connectivity index (χ3n) is 3.66. The molecular weight excluding hydrogens is 264 g/mol. The highest BCUT2D eigenvalue weighted by Gasteiger charge is 2.01. The molecular formula is C18H30OS. The molecule has 1 nitrogen and oxygen atoms in total. The summed E-state index contributed by atoms with van der Waals surface area (Å²) in [6, 6.07) is 9.22. The van der Waals surface area contributed by atoms with E-state index in [0.717, 1.165) is 13.2 Å². The third kappa shape index (κ3) is 7.96. The highest BCUT2D eigenvalue weighted by Crippen LogP contribution is 2.15. The van der Waals surface area contributed by atoms with Gasteiger partial charge in [0.05, 0.1) is 0 Å². The van der Waals surface area contributed by atoms with Crippen LogP contribution >= 0.6 is 11.8 Å². The van der Waals surface area contributed by atoms with E-state index in [0.29, 0.717) is 5.25 Å². The monoisotopic (exact) mass is 294 g/mol. The zero-order valence-corrected chi connectivity index (χ0v) is 14.2. The van der Waals surface area contributed by atoms with E-state index in [2.05, 4.69) is 44.4 Å². The van der Waals surface area contributed by atoms with Gasteiger partial charge in [-0.25, -0.2) is 0 Å². The predicted molar refractivity (Wildman–Crippen MR) is 91.8 cm³/mol. The van der Waals surface area contributed by atoms with E-state index in [-0.39, 0.29) is 0 Å². The van der Waals surface area contributed by atoms with Crippen molar-refractivity contribution in [2.45, 2.75) is 57.6 Å². The Bertz CT molecular complexity index is 334. The Kier molecular flexibility index (Phi) is 9.86. The fourth-order valence-corrected chi connectivity index (χ4v) is 2.65. The molecule has 0 heterocycles. The lowest BCUT2D eigenvalue weighted by Crippen LogP contribution is -2.00. The van der Waals surface area contributed by atoms with Crippen LogP contribution in [0.1, 0.15) is 50.7 Å². The lowest BCUT2D eigenvalue weighted by molar-refractivity contribution is 0.143. The average molecular weight is 295 g/mol. The quantitative estimate of drug-likeness (QED) is 0.524. The van der Waals surface area contributed by atoms with Crippen LogP contribution in [-0.2, 0) is 17.6 Å². The number of benzene rings is 1. The van der Waals surface area contributed by atoms with E-state index in [1.54, 1.807) is 0 Å².